The van der Waals surface area contributed by atoms with E-state index in [0.29, 0.717) is 6.04 Å². The van der Waals surface area contributed by atoms with Crippen molar-refractivity contribution >= 4 is 12.0 Å². The van der Waals surface area contributed by atoms with Crippen molar-refractivity contribution in [1.29, 1.82) is 0 Å². The van der Waals surface area contributed by atoms with Crippen molar-refractivity contribution in [2.75, 3.05) is 13.1 Å². The third-order valence-corrected chi connectivity index (χ3v) is 4.61. The highest BCUT2D eigenvalue weighted by Gasteiger charge is 2.25. The van der Waals surface area contributed by atoms with Gasteiger partial charge >= 0.3 is 0 Å². The summed E-state index contributed by atoms with van der Waals surface area (Å²) in [5.74, 6) is -0.528. The van der Waals surface area contributed by atoms with Crippen LogP contribution >= 0.6 is 0 Å². The van der Waals surface area contributed by atoms with E-state index < -0.39 is 5.91 Å². The lowest BCUT2D eigenvalue weighted by Crippen LogP contribution is -2.27. The SMILES string of the molecule is Cc1ccn(CCN2CCCC2c2ccc(/C=C/C(=O)NO)cc2)n1. The van der Waals surface area contributed by atoms with Gasteiger partial charge in [0.1, 0.15) is 0 Å². The molecule has 25 heavy (non-hydrogen) atoms. The van der Waals surface area contributed by atoms with Crippen LogP contribution in [0.2, 0.25) is 0 Å². The molecule has 0 saturated carbocycles. The molecule has 6 heteroatoms. The molecule has 1 aromatic heterocycles. The Morgan fingerprint density at radius 2 is 2.12 bits per heavy atom. The minimum Gasteiger partial charge on any atom is -0.294 e. The largest absolute Gasteiger partial charge is 0.294 e. The number of hydrogen-bond acceptors (Lipinski definition) is 4. The number of aryl methyl sites for hydroxylation is 1. The minimum atomic E-state index is -0.528. The maximum atomic E-state index is 11.0. The molecule has 0 radical (unpaired) electrons. The zero-order valence-corrected chi connectivity index (χ0v) is 14.4. The van der Waals surface area contributed by atoms with Crippen LogP contribution in [0, 0.1) is 6.92 Å². The Kier molecular flexibility index (Phi) is 5.63. The summed E-state index contributed by atoms with van der Waals surface area (Å²) < 4.78 is 2.00. The summed E-state index contributed by atoms with van der Waals surface area (Å²) in [6.45, 7) is 5.02. The number of likely N-dealkylation sites (tertiary alicyclic amines) is 1. The van der Waals surface area contributed by atoms with E-state index in [4.69, 9.17) is 5.21 Å². The molecule has 6 nitrogen and oxygen atoms in total. The molecule has 0 bridgehead atoms. The second-order valence-corrected chi connectivity index (χ2v) is 6.39. The molecule has 1 amide bonds. The fourth-order valence-corrected chi connectivity index (χ4v) is 3.33. The van der Waals surface area contributed by atoms with E-state index in [2.05, 4.69) is 22.1 Å². The molecular formula is C19H24N4O2. The highest BCUT2D eigenvalue weighted by Crippen LogP contribution is 2.31. The first kappa shape index (κ1) is 17.4. The first-order chi connectivity index (χ1) is 12.2. The Morgan fingerprint density at radius 3 is 2.80 bits per heavy atom. The lowest BCUT2D eigenvalue weighted by atomic mass is 10.0. The number of hydrogen-bond donors (Lipinski definition) is 2. The minimum absolute atomic E-state index is 0.440. The number of rotatable bonds is 6. The highest BCUT2D eigenvalue weighted by atomic mass is 16.5. The molecule has 1 fully saturated rings. The molecule has 1 aliphatic rings. The van der Waals surface area contributed by atoms with E-state index in [9.17, 15) is 4.79 Å². The van der Waals surface area contributed by atoms with Gasteiger partial charge in [-0.25, -0.2) is 5.48 Å². The number of hydroxylamine groups is 1. The second-order valence-electron chi connectivity index (χ2n) is 6.39. The van der Waals surface area contributed by atoms with Crippen LogP contribution in [-0.4, -0.2) is 38.9 Å². The molecule has 132 valence electrons. The second kappa shape index (κ2) is 8.09. The molecule has 0 spiro atoms. The van der Waals surface area contributed by atoms with Gasteiger partial charge in [-0.15, -0.1) is 0 Å². The van der Waals surface area contributed by atoms with Crippen molar-refractivity contribution in [2.24, 2.45) is 0 Å². The zero-order chi connectivity index (χ0) is 17.6. The number of nitrogens with one attached hydrogen (secondary N) is 1. The first-order valence-corrected chi connectivity index (χ1v) is 8.62. The summed E-state index contributed by atoms with van der Waals surface area (Å²) in [5.41, 5.74) is 4.88. The standard InChI is InChI=1S/C19H24N4O2/c1-15-10-12-23(20-15)14-13-22-11-2-3-18(22)17-7-4-16(5-8-17)6-9-19(24)21-25/h4-10,12,18,25H,2-3,11,13-14H2,1H3,(H,21,24)/b9-6+. The van der Waals surface area contributed by atoms with Crippen LogP contribution in [-0.2, 0) is 11.3 Å². The quantitative estimate of drug-likeness (QED) is 0.482. The predicted octanol–water partition coefficient (Wildman–Crippen LogP) is 2.55. The summed E-state index contributed by atoms with van der Waals surface area (Å²) >= 11 is 0. The lowest BCUT2D eigenvalue weighted by Gasteiger charge is -2.25. The number of benzene rings is 1. The maximum Gasteiger partial charge on any atom is 0.267 e. The Labute approximate surface area is 147 Å². The van der Waals surface area contributed by atoms with Crippen LogP contribution in [0.1, 0.15) is 35.7 Å². The van der Waals surface area contributed by atoms with Crippen molar-refractivity contribution < 1.29 is 10.0 Å². The fourth-order valence-electron chi connectivity index (χ4n) is 3.33. The van der Waals surface area contributed by atoms with Gasteiger partial charge in [-0.2, -0.15) is 5.10 Å². The van der Waals surface area contributed by atoms with Gasteiger partial charge in [-0.1, -0.05) is 24.3 Å². The van der Waals surface area contributed by atoms with Crippen LogP contribution in [0.3, 0.4) is 0 Å². The molecule has 2 aromatic rings. The molecular weight excluding hydrogens is 316 g/mol. The molecule has 2 N–H and O–H groups in total. The zero-order valence-electron chi connectivity index (χ0n) is 14.4. The van der Waals surface area contributed by atoms with E-state index >= 15 is 0 Å². The molecule has 1 aliphatic heterocycles. The summed E-state index contributed by atoms with van der Waals surface area (Å²) in [6, 6.07) is 10.7. The highest BCUT2D eigenvalue weighted by molar-refractivity contribution is 5.90. The molecule has 1 saturated heterocycles. The smallest absolute Gasteiger partial charge is 0.267 e. The molecule has 0 aliphatic carbocycles. The van der Waals surface area contributed by atoms with Gasteiger partial charge < -0.3 is 0 Å². The summed E-state index contributed by atoms with van der Waals surface area (Å²) in [4.78, 5) is 13.5. The van der Waals surface area contributed by atoms with Gasteiger partial charge in [0.15, 0.2) is 0 Å². The molecule has 1 atom stereocenters. The third kappa shape index (κ3) is 4.55. The molecule has 3 rings (SSSR count). The number of nitrogens with zero attached hydrogens (tertiary/aromatic N) is 3. The predicted molar refractivity (Wildman–Crippen MR) is 95.9 cm³/mol. The normalized spacial score (nSPS) is 18.1. The third-order valence-electron chi connectivity index (χ3n) is 4.61. The van der Waals surface area contributed by atoms with Gasteiger partial charge in [-0.05, 0) is 49.6 Å². The lowest BCUT2D eigenvalue weighted by molar-refractivity contribution is -0.124. The number of carbonyl (C=O) groups is 1. The number of amides is 1. The molecule has 1 unspecified atom stereocenters. The Bertz CT molecular complexity index is 736. The van der Waals surface area contributed by atoms with E-state index in [-0.39, 0.29) is 0 Å². The van der Waals surface area contributed by atoms with E-state index in [1.165, 1.54) is 24.5 Å². The summed E-state index contributed by atoms with van der Waals surface area (Å²) in [6.07, 6.45) is 7.40. The van der Waals surface area contributed by atoms with Crippen LogP contribution in [0.4, 0.5) is 0 Å². The van der Waals surface area contributed by atoms with Gasteiger partial charge in [-0.3, -0.25) is 19.6 Å². The van der Waals surface area contributed by atoms with Gasteiger partial charge in [0.05, 0.1) is 12.2 Å². The van der Waals surface area contributed by atoms with Gasteiger partial charge in [0.25, 0.3) is 5.91 Å². The van der Waals surface area contributed by atoms with Crippen molar-refractivity contribution in [3.05, 3.63) is 59.4 Å². The average molecular weight is 340 g/mol. The van der Waals surface area contributed by atoms with Crippen molar-refractivity contribution in [1.82, 2.24) is 20.2 Å². The average Bonchev–Trinajstić information content (AvgIpc) is 3.27. The summed E-state index contributed by atoms with van der Waals surface area (Å²) in [5, 5.41) is 13.0. The van der Waals surface area contributed by atoms with Gasteiger partial charge in [0.2, 0.25) is 0 Å². The van der Waals surface area contributed by atoms with E-state index in [1.807, 2.05) is 36.0 Å². The van der Waals surface area contributed by atoms with Crippen LogP contribution in [0.5, 0.6) is 0 Å². The van der Waals surface area contributed by atoms with Crippen molar-refractivity contribution in [3.63, 3.8) is 0 Å². The van der Waals surface area contributed by atoms with Crippen LogP contribution in [0.25, 0.3) is 6.08 Å². The topological polar surface area (TPSA) is 70.4 Å². The van der Waals surface area contributed by atoms with Gasteiger partial charge in [0, 0.05) is 24.9 Å². The summed E-state index contributed by atoms with van der Waals surface area (Å²) in [7, 11) is 0. The Balaban J connectivity index is 1.61. The molecule has 2 heterocycles. The molecule has 1 aromatic carbocycles. The fraction of sp³-hybridized carbons (Fsp3) is 0.368. The van der Waals surface area contributed by atoms with Crippen LogP contribution < -0.4 is 5.48 Å². The van der Waals surface area contributed by atoms with E-state index in [1.54, 1.807) is 11.6 Å². The maximum absolute atomic E-state index is 11.0. The Morgan fingerprint density at radius 1 is 1.32 bits per heavy atom. The number of carbonyl (C=O) groups excluding carboxylic acids is 1. The number of aromatic nitrogens is 2. The van der Waals surface area contributed by atoms with Crippen molar-refractivity contribution in [2.45, 2.75) is 32.4 Å². The van der Waals surface area contributed by atoms with Crippen molar-refractivity contribution in [3.8, 4) is 0 Å². The monoisotopic (exact) mass is 340 g/mol. The Hall–Kier alpha value is -2.44. The van der Waals surface area contributed by atoms with Crippen LogP contribution in [0.15, 0.2) is 42.6 Å². The first-order valence-electron chi connectivity index (χ1n) is 8.62. The van der Waals surface area contributed by atoms with E-state index in [0.717, 1.165) is 30.9 Å².